The van der Waals surface area contributed by atoms with Gasteiger partial charge in [0.05, 0.1) is 29.7 Å². The van der Waals surface area contributed by atoms with E-state index < -0.39 is 5.97 Å². The van der Waals surface area contributed by atoms with Gasteiger partial charge >= 0.3 is 12.1 Å². The molecule has 184 valence electrons. The summed E-state index contributed by atoms with van der Waals surface area (Å²) in [6.07, 6.45) is 6.14. The highest BCUT2D eigenvalue weighted by molar-refractivity contribution is 5.95. The Bertz CT molecular complexity index is 1230. The number of rotatable bonds is 5. The van der Waals surface area contributed by atoms with Gasteiger partial charge in [0.2, 0.25) is 0 Å². The summed E-state index contributed by atoms with van der Waals surface area (Å²) in [5, 5.41) is 9.47. The van der Waals surface area contributed by atoms with E-state index in [1.807, 2.05) is 12.1 Å². The molecule has 0 unspecified atom stereocenters. The van der Waals surface area contributed by atoms with Crippen LogP contribution in [0.15, 0.2) is 42.5 Å². The summed E-state index contributed by atoms with van der Waals surface area (Å²) >= 11 is 0. The van der Waals surface area contributed by atoms with Crippen LogP contribution in [-0.2, 0) is 28.8 Å². The molecular weight excluding hydrogens is 442 g/mol. The predicted molar refractivity (Wildman–Crippen MR) is 135 cm³/mol. The summed E-state index contributed by atoms with van der Waals surface area (Å²) in [7, 11) is 1.42. The first-order valence-corrected chi connectivity index (χ1v) is 12.6. The average molecular weight is 476 g/mol. The van der Waals surface area contributed by atoms with Gasteiger partial charge < -0.3 is 14.4 Å². The van der Waals surface area contributed by atoms with Gasteiger partial charge in [-0.25, -0.2) is 9.78 Å². The van der Waals surface area contributed by atoms with Gasteiger partial charge in [-0.2, -0.15) is 0 Å². The summed E-state index contributed by atoms with van der Waals surface area (Å²) < 4.78 is 7.46. The van der Waals surface area contributed by atoms with Crippen LogP contribution in [0.5, 0.6) is 0 Å². The number of amides is 1. The Balaban J connectivity index is 1.56. The number of methoxy groups -OCH3 is 1. The van der Waals surface area contributed by atoms with Gasteiger partial charge in [0.1, 0.15) is 5.82 Å². The second-order valence-electron chi connectivity index (χ2n) is 9.89. The van der Waals surface area contributed by atoms with Crippen LogP contribution in [0.3, 0.4) is 0 Å². The lowest BCUT2D eigenvalue weighted by molar-refractivity contribution is -0.143. The highest BCUT2D eigenvalue weighted by atomic mass is 16.5. The molecule has 1 atom stereocenters. The number of carbonyl (C=O) groups excluding carboxylic acids is 1. The minimum absolute atomic E-state index is 0.0679. The highest BCUT2D eigenvalue weighted by Gasteiger charge is 2.33. The Morgan fingerprint density at radius 1 is 1.03 bits per heavy atom. The van der Waals surface area contributed by atoms with E-state index in [0.717, 1.165) is 66.6 Å². The smallest absolute Gasteiger partial charge is 0.414 e. The van der Waals surface area contributed by atoms with E-state index in [1.165, 1.54) is 12.7 Å². The molecule has 5 rings (SSSR count). The zero-order valence-corrected chi connectivity index (χ0v) is 20.4. The third-order valence-electron chi connectivity index (χ3n) is 7.79. The molecular formula is C28H33N3O4. The first-order valence-electron chi connectivity index (χ1n) is 12.6. The minimum atomic E-state index is -0.686. The van der Waals surface area contributed by atoms with Crippen LogP contribution in [0.25, 0.3) is 11.0 Å². The van der Waals surface area contributed by atoms with Gasteiger partial charge in [0.25, 0.3) is 0 Å². The molecule has 2 aliphatic rings. The maximum atomic E-state index is 12.6. The zero-order chi connectivity index (χ0) is 24.5. The molecule has 1 saturated carbocycles. The van der Waals surface area contributed by atoms with Crippen LogP contribution in [0.1, 0.15) is 62.0 Å². The van der Waals surface area contributed by atoms with Crippen LogP contribution in [0, 0.1) is 5.92 Å². The number of aliphatic carboxylic acids is 1. The van der Waals surface area contributed by atoms with Crippen LogP contribution < -0.4 is 4.90 Å². The molecule has 0 bridgehead atoms. The fraction of sp³-hybridized carbons (Fsp3) is 0.464. The van der Waals surface area contributed by atoms with Crippen molar-refractivity contribution in [1.82, 2.24) is 9.55 Å². The fourth-order valence-corrected chi connectivity index (χ4v) is 5.89. The number of ether oxygens (including phenoxy) is 1. The molecule has 1 aliphatic carbocycles. The van der Waals surface area contributed by atoms with Gasteiger partial charge in [-0.3, -0.25) is 9.69 Å². The summed E-state index contributed by atoms with van der Waals surface area (Å²) in [6, 6.07) is 14.9. The number of aryl methyl sites for hydroxylation is 3. The Hall–Kier alpha value is -3.35. The predicted octanol–water partition coefficient (Wildman–Crippen LogP) is 5.54. The number of hydrogen-bond acceptors (Lipinski definition) is 4. The lowest BCUT2D eigenvalue weighted by atomic mass is 9.85. The van der Waals surface area contributed by atoms with Crippen molar-refractivity contribution in [2.45, 2.75) is 70.4 Å². The van der Waals surface area contributed by atoms with Crippen LogP contribution in [0.4, 0.5) is 10.5 Å². The standard InChI is InChI=1S/C28H33N3O4/c1-18-8-14-22-23(30(18)28(34)35-2)15-16-24-26(22)29-25(17-9-19-6-4-3-5-7-19)31(24)21-12-10-20(11-13-21)27(32)33/h3-7,15-16,18,20-21H,8-14,17H2,1-2H3,(H,32,33)/t18-,20?,21?/m0/s1. The van der Waals surface area contributed by atoms with Crippen molar-refractivity contribution in [3.05, 3.63) is 59.4 Å². The Kier molecular flexibility index (Phi) is 6.50. The largest absolute Gasteiger partial charge is 0.481 e. The number of aromatic nitrogens is 2. The van der Waals surface area contributed by atoms with Crippen molar-refractivity contribution in [1.29, 1.82) is 0 Å². The third-order valence-corrected chi connectivity index (χ3v) is 7.79. The second-order valence-corrected chi connectivity index (χ2v) is 9.89. The van der Waals surface area contributed by atoms with Gasteiger partial charge in [0, 0.05) is 24.1 Å². The van der Waals surface area contributed by atoms with Crippen molar-refractivity contribution in [2.75, 3.05) is 12.0 Å². The lowest BCUT2D eigenvalue weighted by Gasteiger charge is -2.34. The SMILES string of the molecule is COC(=O)N1c2ccc3c(nc(CCc4ccccc4)n3C3CCC(C(=O)O)CC3)c2CC[C@@H]1C. The Morgan fingerprint density at radius 3 is 2.46 bits per heavy atom. The van der Waals surface area contributed by atoms with Crippen molar-refractivity contribution in [3.8, 4) is 0 Å². The van der Waals surface area contributed by atoms with Crippen LogP contribution in [-0.4, -0.2) is 39.9 Å². The molecule has 2 aromatic carbocycles. The molecule has 7 nitrogen and oxygen atoms in total. The maximum Gasteiger partial charge on any atom is 0.414 e. The molecule has 0 radical (unpaired) electrons. The first-order chi connectivity index (χ1) is 17.0. The number of hydrogen-bond donors (Lipinski definition) is 1. The van der Waals surface area contributed by atoms with Crippen molar-refractivity contribution in [3.63, 3.8) is 0 Å². The number of benzene rings is 2. The number of fused-ring (bicyclic) bond motifs is 3. The average Bonchev–Trinajstić information content (AvgIpc) is 3.26. The summed E-state index contributed by atoms with van der Waals surface area (Å²) in [5.74, 6) is 0.102. The molecule has 1 N–H and O–H groups in total. The molecule has 1 amide bonds. The number of nitrogens with zero attached hydrogens (tertiary/aromatic N) is 3. The highest BCUT2D eigenvalue weighted by Crippen LogP contribution is 2.40. The van der Waals surface area contributed by atoms with Gasteiger partial charge in [0.15, 0.2) is 0 Å². The third kappa shape index (κ3) is 4.40. The molecule has 1 aliphatic heterocycles. The molecule has 3 aromatic rings. The van der Waals surface area contributed by atoms with E-state index >= 15 is 0 Å². The summed E-state index contributed by atoms with van der Waals surface area (Å²) in [6.45, 7) is 2.05. The molecule has 2 heterocycles. The van der Waals surface area contributed by atoms with Gasteiger partial charge in [-0.15, -0.1) is 0 Å². The minimum Gasteiger partial charge on any atom is -0.481 e. The monoisotopic (exact) mass is 475 g/mol. The molecule has 1 aromatic heterocycles. The van der Waals surface area contributed by atoms with E-state index in [9.17, 15) is 14.7 Å². The second kappa shape index (κ2) is 9.72. The first kappa shape index (κ1) is 23.4. The van der Waals surface area contributed by atoms with Gasteiger partial charge in [-0.05, 0) is 69.6 Å². The van der Waals surface area contributed by atoms with Crippen LogP contribution >= 0.6 is 0 Å². The number of carbonyl (C=O) groups is 2. The normalized spacial score (nSPS) is 22.1. The molecule has 0 spiro atoms. The number of imidazole rings is 1. The summed E-state index contributed by atoms with van der Waals surface area (Å²) in [4.78, 5) is 31.0. The topological polar surface area (TPSA) is 84.7 Å². The molecule has 1 fully saturated rings. The lowest BCUT2D eigenvalue weighted by Crippen LogP contribution is -2.42. The molecule has 7 heteroatoms. The maximum absolute atomic E-state index is 12.6. The van der Waals surface area contributed by atoms with E-state index in [1.54, 1.807) is 4.90 Å². The zero-order valence-electron chi connectivity index (χ0n) is 20.4. The fourth-order valence-electron chi connectivity index (χ4n) is 5.89. The van der Waals surface area contributed by atoms with Crippen molar-refractivity contribution < 1.29 is 19.4 Å². The Labute approximate surface area is 205 Å². The quantitative estimate of drug-likeness (QED) is 0.523. The molecule has 35 heavy (non-hydrogen) atoms. The number of anilines is 1. The molecule has 0 saturated heterocycles. The number of carboxylic acid groups (broad SMARTS) is 1. The van der Waals surface area contributed by atoms with Gasteiger partial charge in [-0.1, -0.05) is 30.3 Å². The van der Waals surface area contributed by atoms with E-state index in [0.29, 0.717) is 12.8 Å². The van der Waals surface area contributed by atoms with E-state index in [4.69, 9.17) is 9.72 Å². The number of carboxylic acids is 1. The van der Waals surface area contributed by atoms with E-state index in [2.05, 4.69) is 41.8 Å². The van der Waals surface area contributed by atoms with Crippen LogP contribution in [0.2, 0.25) is 0 Å². The van der Waals surface area contributed by atoms with Crippen molar-refractivity contribution >= 4 is 28.8 Å². The van der Waals surface area contributed by atoms with Crippen molar-refractivity contribution in [2.24, 2.45) is 5.92 Å². The Morgan fingerprint density at radius 2 is 1.77 bits per heavy atom. The van der Waals surface area contributed by atoms with E-state index in [-0.39, 0.29) is 24.1 Å². The summed E-state index contributed by atoms with van der Waals surface area (Å²) in [5.41, 5.74) is 5.31.